The van der Waals surface area contributed by atoms with Crippen molar-refractivity contribution in [3.63, 3.8) is 0 Å². The van der Waals surface area contributed by atoms with Gasteiger partial charge in [-0.1, -0.05) is 26.7 Å². The number of carbonyl (C=O) groups excluding carboxylic acids is 2. The summed E-state index contributed by atoms with van der Waals surface area (Å²) >= 11 is 0. The smallest absolute Gasteiger partial charge is 0.257 e. The van der Waals surface area contributed by atoms with Crippen molar-refractivity contribution in [3.8, 4) is 0 Å². The average molecular weight is 308 g/mol. The third kappa shape index (κ3) is 6.33. The van der Waals surface area contributed by atoms with E-state index >= 15 is 0 Å². The second-order valence-electron chi connectivity index (χ2n) is 5.64. The van der Waals surface area contributed by atoms with E-state index in [1.807, 2.05) is 13.8 Å². The Labute approximate surface area is 133 Å². The summed E-state index contributed by atoms with van der Waals surface area (Å²) in [5.74, 6) is -0.0731. The number of amides is 2. The van der Waals surface area contributed by atoms with E-state index in [2.05, 4.69) is 12.2 Å². The molecule has 1 N–H and O–H groups in total. The minimum absolute atomic E-state index is 0.00478. The van der Waals surface area contributed by atoms with Crippen molar-refractivity contribution < 1.29 is 14.0 Å². The van der Waals surface area contributed by atoms with Gasteiger partial charge < -0.3 is 14.6 Å². The summed E-state index contributed by atoms with van der Waals surface area (Å²) in [6.07, 6.45) is 7.31. The first-order valence-electron chi connectivity index (χ1n) is 8.19. The van der Waals surface area contributed by atoms with Gasteiger partial charge in [-0.3, -0.25) is 9.59 Å². The summed E-state index contributed by atoms with van der Waals surface area (Å²) in [5.41, 5.74) is 0.541. The molecule has 2 amide bonds. The van der Waals surface area contributed by atoms with Crippen LogP contribution in [0.3, 0.4) is 0 Å². The minimum Gasteiger partial charge on any atom is -0.472 e. The first-order chi connectivity index (χ1) is 10.6. The van der Waals surface area contributed by atoms with E-state index in [1.54, 1.807) is 11.0 Å². The SMILES string of the molecule is CCCCCN(CCC(=O)N[C@@H](C)CC)C(=O)c1ccoc1. The number of nitrogens with one attached hydrogen (secondary N) is 1. The molecule has 0 aromatic carbocycles. The molecule has 5 heteroatoms. The Morgan fingerprint density at radius 1 is 1.27 bits per heavy atom. The molecule has 0 bridgehead atoms. The lowest BCUT2D eigenvalue weighted by molar-refractivity contribution is -0.121. The molecule has 0 aliphatic carbocycles. The van der Waals surface area contributed by atoms with Gasteiger partial charge in [0.1, 0.15) is 6.26 Å². The quantitative estimate of drug-likeness (QED) is 0.675. The molecular formula is C17H28N2O3. The molecule has 1 atom stereocenters. The summed E-state index contributed by atoms with van der Waals surface area (Å²) in [7, 11) is 0. The number of carbonyl (C=O) groups is 2. The Kier molecular flexibility index (Phi) is 8.33. The molecule has 124 valence electrons. The van der Waals surface area contributed by atoms with Crippen molar-refractivity contribution in [2.24, 2.45) is 0 Å². The van der Waals surface area contributed by atoms with E-state index in [1.165, 1.54) is 12.5 Å². The minimum atomic E-state index is -0.0683. The molecule has 1 aromatic heterocycles. The van der Waals surface area contributed by atoms with Gasteiger partial charge in [0.2, 0.25) is 5.91 Å². The Morgan fingerprint density at radius 2 is 2.05 bits per heavy atom. The highest BCUT2D eigenvalue weighted by atomic mass is 16.3. The van der Waals surface area contributed by atoms with Gasteiger partial charge in [0.25, 0.3) is 5.91 Å². The zero-order valence-corrected chi connectivity index (χ0v) is 13.9. The summed E-state index contributed by atoms with van der Waals surface area (Å²) in [6, 6.07) is 1.83. The standard InChI is InChI=1S/C17H28N2O3/c1-4-6-7-10-19(17(21)15-9-12-22-13-15)11-8-16(20)18-14(3)5-2/h9,12-14H,4-8,10-11H2,1-3H3,(H,18,20)/t14-/m0/s1. The summed E-state index contributed by atoms with van der Waals surface area (Å²) in [5, 5.41) is 2.93. The Hall–Kier alpha value is -1.78. The third-order valence-corrected chi connectivity index (χ3v) is 3.72. The molecule has 0 aliphatic rings. The largest absolute Gasteiger partial charge is 0.472 e. The van der Waals surface area contributed by atoms with Crippen molar-refractivity contribution in [1.29, 1.82) is 0 Å². The Morgan fingerprint density at radius 3 is 2.64 bits per heavy atom. The fourth-order valence-electron chi connectivity index (χ4n) is 2.12. The Bertz CT molecular complexity index is 443. The summed E-state index contributed by atoms with van der Waals surface area (Å²) in [4.78, 5) is 26.1. The fraction of sp³-hybridized carbons (Fsp3) is 0.647. The highest BCUT2D eigenvalue weighted by molar-refractivity contribution is 5.94. The molecule has 0 spiro atoms. The lowest BCUT2D eigenvalue weighted by Crippen LogP contribution is -2.38. The molecule has 0 radical (unpaired) electrons. The van der Waals surface area contributed by atoms with Crippen LogP contribution in [0.1, 0.15) is 63.2 Å². The third-order valence-electron chi connectivity index (χ3n) is 3.72. The first-order valence-corrected chi connectivity index (χ1v) is 8.19. The van der Waals surface area contributed by atoms with Crippen LogP contribution in [0.25, 0.3) is 0 Å². The second-order valence-corrected chi connectivity index (χ2v) is 5.64. The van der Waals surface area contributed by atoms with Crippen molar-refractivity contribution in [2.75, 3.05) is 13.1 Å². The number of nitrogens with zero attached hydrogens (tertiary/aromatic N) is 1. The van der Waals surface area contributed by atoms with E-state index in [0.717, 1.165) is 25.7 Å². The van der Waals surface area contributed by atoms with Gasteiger partial charge in [0.15, 0.2) is 0 Å². The lowest BCUT2D eigenvalue weighted by atomic mass is 10.2. The molecule has 22 heavy (non-hydrogen) atoms. The zero-order chi connectivity index (χ0) is 16.4. The lowest BCUT2D eigenvalue weighted by Gasteiger charge is -2.22. The van der Waals surface area contributed by atoms with Crippen molar-refractivity contribution >= 4 is 11.8 Å². The molecule has 0 unspecified atom stereocenters. The summed E-state index contributed by atoms with van der Waals surface area (Å²) < 4.78 is 4.98. The van der Waals surface area contributed by atoms with Crippen LogP contribution in [0.15, 0.2) is 23.0 Å². The van der Waals surface area contributed by atoms with Crippen LogP contribution >= 0.6 is 0 Å². The van der Waals surface area contributed by atoms with E-state index in [9.17, 15) is 9.59 Å². The van der Waals surface area contributed by atoms with Gasteiger partial charge in [-0.05, 0) is 25.8 Å². The maximum absolute atomic E-state index is 12.4. The topological polar surface area (TPSA) is 62.6 Å². The maximum atomic E-state index is 12.4. The van der Waals surface area contributed by atoms with Crippen LogP contribution < -0.4 is 5.32 Å². The molecule has 1 rings (SSSR count). The van der Waals surface area contributed by atoms with Gasteiger partial charge >= 0.3 is 0 Å². The van der Waals surface area contributed by atoms with Gasteiger partial charge in [0, 0.05) is 25.6 Å². The van der Waals surface area contributed by atoms with Crippen molar-refractivity contribution in [2.45, 2.75) is 58.9 Å². The molecule has 1 heterocycles. The van der Waals surface area contributed by atoms with E-state index in [4.69, 9.17) is 4.42 Å². The molecule has 0 fully saturated rings. The van der Waals surface area contributed by atoms with Crippen LogP contribution in [0.5, 0.6) is 0 Å². The maximum Gasteiger partial charge on any atom is 0.257 e. The Balaban J connectivity index is 2.54. The highest BCUT2D eigenvalue weighted by Gasteiger charge is 2.17. The van der Waals surface area contributed by atoms with E-state index in [-0.39, 0.29) is 17.9 Å². The average Bonchev–Trinajstić information content (AvgIpc) is 3.04. The molecule has 1 aromatic rings. The van der Waals surface area contributed by atoms with Crippen LogP contribution in [-0.4, -0.2) is 35.8 Å². The highest BCUT2D eigenvalue weighted by Crippen LogP contribution is 2.08. The fourth-order valence-corrected chi connectivity index (χ4v) is 2.12. The predicted molar refractivity (Wildman–Crippen MR) is 86.6 cm³/mol. The van der Waals surface area contributed by atoms with Crippen LogP contribution in [0.4, 0.5) is 0 Å². The van der Waals surface area contributed by atoms with Crippen LogP contribution in [-0.2, 0) is 4.79 Å². The van der Waals surface area contributed by atoms with Gasteiger partial charge in [-0.15, -0.1) is 0 Å². The molecule has 0 aliphatic heterocycles. The van der Waals surface area contributed by atoms with E-state index < -0.39 is 0 Å². The van der Waals surface area contributed by atoms with Gasteiger partial charge in [-0.25, -0.2) is 0 Å². The summed E-state index contributed by atoms with van der Waals surface area (Å²) in [6.45, 7) is 7.25. The van der Waals surface area contributed by atoms with Crippen LogP contribution in [0.2, 0.25) is 0 Å². The molecular weight excluding hydrogens is 280 g/mol. The zero-order valence-electron chi connectivity index (χ0n) is 13.9. The molecule has 0 saturated heterocycles. The monoisotopic (exact) mass is 308 g/mol. The number of unbranched alkanes of at least 4 members (excludes halogenated alkanes) is 2. The van der Waals surface area contributed by atoms with Crippen molar-refractivity contribution in [1.82, 2.24) is 10.2 Å². The number of rotatable bonds is 10. The predicted octanol–water partition coefficient (Wildman–Crippen LogP) is 3.22. The first kappa shape index (κ1) is 18.3. The number of hydrogen-bond acceptors (Lipinski definition) is 3. The molecule has 0 saturated carbocycles. The molecule has 5 nitrogen and oxygen atoms in total. The van der Waals surface area contributed by atoms with Crippen LogP contribution in [0, 0.1) is 0 Å². The second kappa shape index (κ2) is 10.0. The normalized spacial score (nSPS) is 12.0. The van der Waals surface area contributed by atoms with Crippen molar-refractivity contribution in [3.05, 3.63) is 24.2 Å². The van der Waals surface area contributed by atoms with Gasteiger partial charge in [-0.2, -0.15) is 0 Å². The van der Waals surface area contributed by atoms with Gasteiger partial charge in [0.05, 0.1) is 11.8 Å². The number of hydrogen-bond donors (Lipinski definition) is 1. The van der Waals surface area contributed by atoms with E-state index in [0.29, 0.717) is 25.1 Å². The number of furan rings is 1.